The third kappa shape index (κ3) is 3.10. The Hall–Kier alpha value is -0.820. The molecule has 0 aliphatic heterocycles. The molecule has 1 aliphatic rings. The summed E-state index contributed by atoms with van der Waals surface area (Å²) in [6, 6.07) is 6.60. The van der Waals surface area contributed by atoms with Crippen LogP contribution in [0.3, 0.4) is 0 Å². The largest absolute Gasteiger partial charge is 0.312 e. The number of hydrogen-bond donors (Lipinski definition) is 1. The second kappa shape index (κ2) is 5.22. The topological polar surface area (TPSA) is 12.0 Å². The van der Waals surface area contributed by atoms with Gasteiger partial charge in [-0.3, -0.25) is 0 Å². The second-order valence-corrected chi connectivity index (χ2v) is 5.98. The molecule has 94 valence electrons. The van der Waals surface area contributed by atoms with Crippen LogP contribution < -0.4 is 5.32 Å². The van der Waals surface area contributed by atoms with Gasteiger partial charge in [0.1, 0.15) is 0 Å². The van der Waals surface area contributed by atoms with Crippen LogP contribution >= 0.6 is 0 Å². The highest BCUT2D eigenvalue weighted by atomic mass is 14.9. The fourth-order valence-electron chi connectivity index (χ4n) is 2.91. The Morgan fingerprint density at radius 3 is 2.59 bits per heavy atom. The number of rotatable bonds is 4. The molecule has 1 N–H and O–H groups in total. The van der Waals surface area contributed by atoms with E-state index in [9.17, 15) is 0 Å². The normalized spacial score (nSPS) is 18.5. The van der Waals surface area contributed by atoms with Gasteiger partial charge in [0, 0.05) is 13.1 Å². The first kappa shape index (κ1) is 12.6. The Kier molecular flexibility index (Phi) is 3.88. The molecule has 0 aromatic heterocycles. The predicted octanol–water partition coefficient (Wildman–Crippen LogP) is 3.97. The fourth-order valence-corrected chi connectivity index (χ4v) is 2.91. The van der Waals surface area contributed by atoms with Gasteiger partial charge in [0.05, 0.1) is 0 Å². The average Bonchev–Trinajstić information content (AvgIpc) is 2.72. The maximum Gasteiger partial charge on any atom is 0.0208 e. The molecular weight excluding hydrogens is 206 g/mol. The Labute approximate surface area is 106 Å². The van der Waals surface area contributed by atoms with Gasteiger partial charge < -0.3 is 5.32 Å². The molecule has 1 heteroatoms. The Balaban J connectivity index is 1.88. The quantitative estimate of drug-likeness (QED) is 0.826. The molecule has 2 rings (SSSR count). The van der Waals surface area contributed by atoms with Crippen molar-refractivity contribution in [3.8, 4) is 0 Å². The summed E-state index contributed by atoms with van der Waals surface area (Å²) in [6.07, 6.45) is 5.63. The van der Waals surface area contributed by atoms with E-state index >= 15 is 0 Å². The summed E-state index contributed by atoms with van der Waals surface area (Å²) in [6.45, 7) is 9.03. The van der Waals surface area contributed by atoms with Crippen molar-refractivity contribution in [3.63, 3.8) is 0 Å². The standard InChI is InChI=1S/C16H25N/c1-13-7-6-8-15(14(13)2)11-17-12-16(3)9-4-5-10-16/h6-8,17H,4-5,9-12H2,1-3H3. The van der Waals surface area contributed by atoms with Gasteiger partial charge in [-0.05, 0) is 48.8 Å². The van der Waals surface area contributed by atoms with Crippen LogP contribution in [0.15, 0.2) is 18.2 Å². The molecule has 17 heavy (non-hydrogen) atoms. The third-order valence-electron chi connectivity index (χ3n) is 4.39. The van der Waals surface area contributed by atoms with Gasteiger partial charge in [0.15, 0.2) is 0 Å². The lowest BCUT2D eigenvalue weighted by atomic mass is 9.89. The van der Waals surface area contributed by atoms with E-state index in [1.165, 1.54) is 48.9 Å². The molecule has 1 saturated carbocycles. The molecule has 1 nitrogen and oxygen atoms in total. The summed E-state index contributed by atoms with van der Waals surface area (Å²) < 4.78 is 0. The molecule has 1 aromatic rings. The molecule has 0 saturated heterocycles. The Morgan fingerprint density at radius 2 is 1.88 bits per heavy atom. The van der Waals surface area contributed by atoms with Crippen molar-refractivity contribution in [1.29, 1.82) is 0 Å². The van der Waals surface area contributed by atoms with E-state index in [1.807, 2.05) is 0 Å². The number of aryl methyl sites for hydroxylation is 1. The Morgan fingerprint density at radius 1 is 1.18 bits per heavy atom. The van der Waals surface area contributed by atoms with Crippen molar-refractivity contribution in [3.05, 3.63) is 34.9 Å². The molecule has 0 spiro atoms. The van der Waals surface area contributed by atoms with E-state index in [4.69, 9.17) is 0 Å². The van der Waals surface area contributed by atoms with Crippen LogP contribution in [0.5, 0.6) is 0 Å². The summed E-state index contributed by atoms with van der Waals surface area (Å²) in [4.78, 5) is 0. The number of nitrogens with one attached hydrogen (secondary N) is 1. The average molecular weight is 231 g/mol. The van der Waals surface area contributed by atoms with Gasteiger partial charge in [-0.2, -0.15) is 0 Å². The van der Waals surface area contributed by atoms with Gasteiger partial charge in [-0.15, -0.1) is 0 Å². The first-order valence-corrected chi connectivity index (χ1v) is 6.87. The molecule has 1 fully saturated rings. The molecular formula is C16H25N. The zero-order chi connectivity index (χ0) is 12.3. The molecule has 0 unspecified atom stereocenters. The van der Waals surface area contributed by atoms with Crippen molar-refractivity contribution < 1.29 is 0 Å². The number of hydrogen-bond acceptors (Lipinski definition) is 1. The first-order chi connectivity index (χ1) is 8.11. The van der Waals surface area contributed by atoms with Gasteiger partial charge in [0.25, 0.3) is 0 Å². The lowest BCUT2D eigenvalue weighted by Crippen LogP contribution is -2.29. The summed E-state index contributed by atoms with van der Waals surface area (Å²) in [5, 5.41) is 3.65. The molecule has 0 radical (unpaired) electrons. The zero-order valence-corrected chi connectivity index (χ0v) is 11.5. The van der Waals surface area contributed by atoms with E-state index < -0.39 is 0 Å². The summed E-state index contributed by atoms with van der Waals surface area (Å²) in [5.74, 6) is 0. The lowest BCUT2D eigenvalue weighted by molar-refractivity contribution is 0.314. The smallest absolute Gasteiger partial charge is 0.0208 e. The minimum atomic E-state index is 0.553. The van der Waals surface area contributed by atoms with Crippen LogP contribution in [-0.4, -0.2) is 6.54 Å². The molecule has 0 atom stereocenters. The van der Waals surface area contributed by atoms with Gasteiger partial charge >= 0.3 is 0 Å². The summed E-state index contributed by atoms with van der Waals surface area (Å²) in [7, 11) is 0. The highest BCUT2D eigenvalue weighted by molar-refractivity contribution is 5.32. The third-order valence-corrected chi connectivity index (χ3v) is 4.39. The van der Waals surface area contributed by atoms with Gasteiger partial charge in [0.2, 0.25) is 0 Å². The van der Waals surface area contributed by atoms with Crippen molar-refractivity contribution in [2.75, 3.05) is 6.54 Å². The van der Waals surface area contributed by atoms with Crippen LogP contribution in [0, 0.1) is 19.3 Å². The maximum atomic E-state index is 3.65. The van der Waals surface area contributed by atoms with E-state index in [0.29, 0.717) is 5.41 Å². The molecule has 1 aliphatic carbocycles. The highest BCUT2D eigenvalue weighted by Gasteiger charge is 2.27. The van der Waals surface area contributed by atoms with Crippen molar-refractivity contribution in [1.82, 2.24) is 5.32 Å². The monoisotopic (exact) mass is 231 g/mol. The molecule has 0 amide bonds. The van der Waals surface area contributed by atoms with Crippen LogP contribution in [0.25, 0.3) is 0 Å². The van der Waals surface area contributed by atoms with Crippen LogP contribution in [-0.2, 0) is 6.54 Å². The first-order valence-electron chi connectivity index (χ1n) is 6.87. The summed E-state index contributed by atoms with van der Waals surface area (Å²) >= 11 is 0. The fraction of sp³-hybridized carbons (Fsp3) is 0.625. The predicted molar refractivity (Wildman–Crippen MR) is 74.2 cm³/mol. The van der Waals surface area contributed by atoms with E-state index in [0.717, 1.165) is 6.54 Å². The summed E-state index contributed by atoms with van der Waals surface area (Å²) in [5.41, 5.74) is 4.84. The minimum Gasteiger partial charge on any atom is -0.312 e. The van der Waals surface area contributed by atoms with E-state index in [-0.39, 0.29) is 0 Å². The van der Waals surface area contributed by atoms with Crippen molar-refractivity contribution >= 4 is 0 Å². The van der Waals surface area contributed by atoms with Crippen LogP contribution in [0.1, 0.15) is 49.3 Å². The molecule has 0 bridgehead atoms. The van der Waals surface area contributed by atoms with Crippen molar-refractivity contribution in [2.24, 2.45) is 5.41 Å². The zero-order valence-electron chi connectivity index (χ0n) is 11.5. The van der Waals surface area contributed by atoms with Crippen LogP contribution in [0.4, 0.5) is 0 Å². The highest BCUT2D eigenvalue weighted by Crippen LogP contribution is 2.36. The Bertz CT molecular complexity index is 375. The van der Waals surface area contributed by atoms with E-state index in [1.54, 1.807) is 0 Å². The van der Waals surface area contributed by atoms with Gasteiger partial charge in [-0.25, -0.2) is 0 Å². The van der Waals surface area contributed by atoms with Crippen LogP contribution in [0.2, 0.25) is 0 Å². The number of benzene rings is 1. The lowest BCUT2D eigenvalue weighted by Gasteiger charge is -2.24. The van der Waals surface area contributed by atoms with Gasteiger partial charge in [-0.1, -0.05) is 38.0 Å². The minimum absolute atomic E-state index is 0.553. The molecule has 0 heterocycles. The molecule has 1 aromatic carbocycles. The second-order valence-electron chi connectivity index (χ2n) is 5.98. The maximum absolute atomic E-state index is 3.65. The SMILES string of the molecule is Cc1cccc(CNCC2(C)CCCC2)c1C. The van der Waals surface area contributed by atoms with E-state index in [2.05, 4.69) is 44.3 Å². The van der Waals surface area contributed by atoms with Crippen molar-refractivity contribution in [2.45, 2.75) is 53.0 Å².